The van der Waals surface area contributed by atoms with Gasteiger partial charge in [0.15, 0.2) is 0 Å². The van der Waals surface area contributed by atoms with Gasteiger partial charge in [-0.15, -0.1) is 4.36 Å². The van der Waals surface area contributed by atoms with Gasteiger partial charge in [0.2, 0.25) is 0 Å². The van der Waals surface area contributed by atoms with Crippen molar-refractivity contribution < 1.29 is 18.0 Å². The summed E-state index contributed by atoms with van der Waals surface area (Å²) in [6.07, 6.45) is 0. The number of hydrogen-bond donors (Lipinski definition) is 1. The zero-order chi connectivity index (χ0) is 11.0. The largest absolute Gasteiger partial charge is 0.316 e. The summed E-state index contributed by atoms with van der Waals surface area (Å²) in [7, 11) is -2.57. The Bertz CT molecular complexity index is 595. The van der Waals surface area contributed by atoms with Gasteiger partial charge in [0, 0.05) is 0 Å². The summed E-state index contributed by atoms with van der Waals surface area (Å²) in [5, 5.41) is 2.09. The van der Waals surface area contributed by atoms with E-state index in [1.54, 1.807) is 0 Å². The summed E-state index contributed by atoms with van der Waals surface area (Å²) in [6, 6.07) is 3.97. The van der Waals surface area contributed by atoms with E-state index in [0.717, 1.165) is 0 Å². The zero-order valence-corrected chi connectivity index (χ0v) is 8.04. The van der Waals surface area contributed by atoms with Crippen molar-refractivity contribution in [3.63, 3.8) is 0 Å². The van der Waals surface area contributed by atoms with Gasteiger partial charge in [0.05, 0.1) is 16.8 Å². The lowest BCUT2D eigenvalue weighted by atomic mass is 10.1. The molecule has 1 heterocycles. The lowest BCUT2D eigenvalue weighted by molar-refractivity contribution is 0.0879. The molecule has 1 aliphatic rings. The van der Waals surface area contributed by atoms with E-state index >= 15 is 0 Å². The van der Waals surface area contributed by atoms with Crippen LogP contribution in [0.2, 0.25) is 0 Å². The molecule has 1 aliphatic heterocycles. The average molecular weight is 224 g/mol. The lowest BCUT2D eigenvalue weighted by Gasteiger charge is -1.93. The van der Waals surface area contributed by atoms with E-state index in [2.05, 4.69) is 9.68 Å². The van der Waals surface area contributed by atoms with Crippen LogP contribution in [0.5, 0.6) is 0 Å². The van der Waals surface area contributed by atoms with Crippen LogP contribution in [-0.4, -0.2) is 20.2 Å². The Hall–Kier alpha value is -2.02. The molecule has 1 aromatic carbocycles. The van der Waals surface area contributed by atoms with Crippen molar-refractivity contribution in [2.24, 2.45) is 4.36 Å². The maximum absolute atomic E-state index is 11.2. The van der Waals surface area contributed by atoms with Crippen LogP contribution in [0.3, 0.4) is 0 Å². The molecule has 0 radical (unpaired) electrons. The number of rotatable bonds is 1. The number of amides is 2. The number of nitrogens with one attached hydrogen (secondary N) is 1. The number of nitrogens with zero attached hydrogens (tertiary/aromatic N) is 1. The van der Waals surface area contributed by atoms with Crippen molar-refractivity contribution in [1.82, 2.24) is 5.32 Å². The van der Waals surface area contributed by atoms with Crippen molar-refractivity contribution >= 4 is 28.0 Å². The standard InChI is InChI=1S/C8H4N2O4S/c11-7-5-2-1-4(10-15(13)14)3-6(5)8(12)9-7/h1-3H,(H,9,11,12). The minimum atomic E-state index is -2.57. The third-order valence-electron chi connectivity index (χ3n) is 1.90. The molecular formula is C8H4N2O4S. The molecule has 0 unspecified atom stereocenters. The van der Waals surface area contributed by atoms with Gasteiger partial charge in [-0.3, -0.25) is 14.9 Å². The van der Waals surface area contributed by atoms with E-state index < -0.39 is 22.3 Å². The predicted molar refractivity (Wildman–Crippen MR) is 49.2 cm³/mol. The molecular weight excluding hydrogens is 220 g/mol. The highest BCUT2D eigenvalue weighted by atomic mass is 32.2. The number of carbonyl (C=O) groups excluding carboxylic acids is 2. The zero-order valence-electron chi connectivity index (χ0n) is 7.22. The first-order chi connectivity index (χ1) is 7.08. The van der Waals surface area contributed by atoms with Crippen molar-refractivity contribution in [1.29, 1.82) is 0 Å². The molecule has 76 valence electrons. The van der Waals surface area contributed by atoms with E-state index in [0.29, 0.717) is 0 Å². The van der Waals surface area contributed by atoms with E-state index in [9.17, 15) is 18.0 Å². The van der Waals surface area contributed by atoms with Gasteiger partial charge in [-0.05, 0) is 18.2 Å². The Morgan fingerprint density at radius 3 is 2.40 bits per heavy atom. The van der Waals surface area contributed by atoms with Crippen LogP contribution in [-0.2, 0) is 10.5 Å². The molecule has 0 aliphatic carbocycles. The second-order valence-corrected chi connectivity index (χ2v) is 3.44. The Balaban J connectivity index is 2.61. The second-order valence-electron chi connectivity index (χ2n) is 2.82. The molecule has 1 aromatic rings. The molecule has 0 aromatic heterocycles. The monoisotopic (exact) mass is 224 g/mol. The summed E-state index contributed by atoms with van der Waals surface area (Å²) >= 11 is 0. The molecule has 0 saturated heterocycles. The number of hydrogen-bond acceptors (Lipinski definition) is 5. The minimum absolute atomic E-state index is 0.118. The summed E-state index contributed by atoms with van der Waals surface area (Å²) in [5.74, 6) is -1.02. The van der Waals surface area contributed by atoms with Gasteiger partial charge in [-0.25, -0.2) is 0 Å². The third kappa shape index (κ3) is 1.64. The maximum Gasteiger partial charge on any atom is 0.316 e. The molecule has 1 N–H and O–H groups in total. The van der Waals surface area contributed by atoms with Crippen molar-refractivity contribution in [3.8, 4) is 0 Å². The van der Waals surface area contributed by atoms with Crippen LogP contribution in [0.25, 0.3) is 0 Å². The molecule has 2 amide bonds. The van der Waals surface area contributed by atoms with Gasteiger partial charge in [0.1, 0.15) is 0 Å². The summed E-state index contributed by atoms with van der Waals surface area (Å²) < 4.78 is 23.8. The topological polar surface area (TPSA) is 92.7 Å². The first kappa shape index (κ1) is 9.53. The molecule has 2 rings (SSSR count). The van der Waals surface area contributed by atoms with Gasteiger partial charge < -0.3 is 0 Å². The van der Waals surface area contributed by atoms with E-state index in [1.165, 1.54) is 18.2 Å². The van der Waals surface area contributed by atoms with Crippen LogP contribution >= 0.6 is 0 Å². The van der Waals surface area contributed by atoms with Gasteiger partial charge in [0.25, 0.3) is 11.8 Å². The summed E-state index contributed by atoms with van der Waals surface area (Å²) in [4.78, 5) is 22.3. The fourth-order valence-electron chi connectivity index (χ4n) is 1.30. The SMILES string of the molecule is O=C1NC(=O)c2cc(N=S(=O)=O)ccc21. The number of fused-ring (bicyclic) bond motifs is 1. The summed E-state index contributed by atoms with van der Waals surface area (Å²) in [6.45, 7) is 0. The van der Waals surface area contributed by atoms with Gasteiger partial charge in [-0.2, -0.15) is 8.42 Å². The maximum atomic E-state index is 11.2. The van der Waals surface area contributed by atoms with Gasteiger partial charge >= 0.3 is 10.5 Å². The first-order valence-electron chi connectivity index (χ1n) is 3.89. The quantitative estimate of drug-likeness (QED) is 0.692. The molecule has 6 nitrogen and oxygen atoms in total. The van der Waals surface area contributed by atoms with Crippen LogP contribution in [0, 0.1) is 0 Å². The third-order valence-corrected chi connectivity index (χ3v) is 2.26. The number of imide groups is 1. The lowest BCUT2D eigenvalue weighted by Crippen LogP contribution is -2.19. The van der Waals surface area contributed by atoms with E-state index in [-0.39, 0.29) is 16.8 Å². The highest BCUT2D eigenvalue weighted by Gasteiger charge is 2.26. The molecule has 0 spiro atoms. The fourth-order valence-corrected chi connectivity index (χ4v) is 1.58. The van der Waals surface area contributed by atoms with Crippen molar-refractivity contribution in [3.05, 3.63) is 29.3 Å². The van der Waals surface area contributed by atoms with Crippen LogP contribution < -0.4 is 5.32 Å². The first-order valence-corrected chi connectivity index (χ1v) is 4.92. The van der Waals surface area contributed by atoms with Crippen LogP contribution in [0.4, 0.5) is 5.69 Å². The normalized spacial score (nSPS) is 13.3. The number of benzene rings is 1. The molecule has 0 atom stereocenters. The highest BCUT2D eigenvalue weighted by Crippen LogP contribution is 2.21. The Morgan fingerprint density at radius 2 is 1.73 bits per heavy atom. The highest BCUT2D eigenvalue weighted by molar-refractivity contribution is 7.61. The molecule has 0 bridgehead atoms. The second kappa shape index (κ2) is 3.28. The Kier molecular flexibility index (Phi) is 2.09. The minimum Gasteiger partial charge on any atom is -0.288 e. The summed E-state index contributed by atoms with van der Waals surface area (Å²) in [5.41, 5.74) is 0.495. The Morgan fingerprint density at radius 1 is 1.07 bits per heavy atom. The van der Waals surface area contributed by atoms with Crippen LogP contribution in [0.15, 0.2) is 22.6 Å². The van der Waals surface area contributed by atoms with Gasteiger partial charge in [-0.1, -0.05) is 0 Å². The molecule has 7 heteroatoms. The van der Waals surface area contributed by atoms with Crippen molar-refractivity contribution in [2.45, 2.75) is 0 Å². The van der Waals surface area contributed by atoms with Crippen LogP contribution in [0.1, 0.15) is 20.7 Å². The Labute approximate surface area is 85.6 Å². The van der Waals surface area contributed by atoms with E-state index in [1.807, 2.05) is 0 Å². The molecule has 0 saturated carbocycles. The number of carbonyl (C=O) groups is 2. The average Bonchev–Trinajstić information content (AvgIpc) is 2.41. The fraction of sp³-hybridized carbons (Fsp3) is 0. The van der Waals surface area contributed by atoms with Crippen molar-refractivity contribution in [2.75, 3.05) is 0 Å². The molecule has 15 heavy (non-hydrogen) atoms. The predicted octanol–water partition coefficient (Wildman–Crippen LogP) is 0.264. The van der Waals surface area contributed by atoms with E-state index in [4.69, 9.17) is 0 Å². The molecule has 0 fully saturated rings. The smallest absolute Gasteiger partial charge is 0.288 e.